The predicted octanol–water partition coefficient (Wildman–Crippen LogP) is 5.08. The maximum atomic E-state index is 14.6. The van der Waals surface area contributed by atoms with Crippen molar-refractivity contribution in [2.24, 2.45) is 0 Å². The van der Waals surface area contributed by atoms with Gasteiger partial charge in [-0.15, -0.1) is 6.42 Å². The van der Waals surface area contributed by atoms with Crippen LogP contribution in [0, 0.1) is 36.9 Å². The number of aryl methyl sites for hydroxylation is 1. The number of hydrogen-bond donors (Lipinski definition) is 4. The first-order valence-corrected chi connectivity index (χ1v) is 20.5. The number of aliphatic carboxylic acids is 1. The van der Waals surface area contributed by atoms with E-state index < -0.39 is 64.4 Å². The zero-order valence-corrected chi connectivity index (χ0v) is 34.2. The molecule has 8 atom stereocenters. The second-order valence-corrected chi connectivity index (χ2v) is 17.6. The first-order chi connectivity index (χ1) is 28.8. The SMILES string of the molecule is C#CS[C@@H]1c2c(OC(C)=O)c(C)c3c(c2[C@H](COC(=O)[C@@H]2N[C@H](C(=O)O)Cc4c2[nH]c2ccccc42)N2[C@@H]1[C@H]1c4c(cc(C)c(OC)c4O)C4(C)C[C@]2(C#N)CN14)OCO3. The fraction of sp³-hybridized carbons (Fsp3) is 0.409. The molecule has 0 saturated carbocycles. The van der Waals surface area contributed by atoms with Crippen LogP contribution < -0.4 is 24.3 Å². The summed E-state index contributed by atoms with van der Waals surface area (Å²) >= 11 is 1.17. The Bertz CT molecular complexity index is 2690. The Morgan fingerprint density at radius 1 is 1.13 bits per heavy atom. The van der Waals surface area contributed by atoms with E-state index >= 15 is 0 Å². The van der Waals surface area contributed by atoms with Gasteiger partial charge in [-0.3, -0.25) is 24.7 Å². The molecule has 16 heteroatoms. The number of fused-ring (bicyclic) bond motifs is 13. The maximum absolute atomic E-state index is 14.6. The van der Waals surface area contributed by atoms with Crippen molar-refractivity contribution in [2.75, 3.05) is 27.1 Å². The molecule has 6 aliphatic rings. The number of carbonyl (C=O) groups is 3. The van der Waals surface area contributed by atoms with Gasteiger partial charge in [0.05, 0.1) is 30.5 Å². The third-order valence-corrected chi connectivity index (χ3v) is 14.5. The van der Waals surface area contributed by atoms with Gasteiger partial charge in [-0.1, -0.05) is 30.0 Å². The van der Waals surface area contributed by atoms with Crippen LogP contribution in [-0.4, -0.2) is 87.6 Å². The molecule has 0 spiro atoms. The number of carboxylic acid groups (broad SMARTS) is 1. The van der Waals surface area contributed by atoms with Crippen molar-refractivity contribution < 1.29 is 48.3 Å². The summed E-state index contributed by atoms with van der Waals surface area (Å²) in [5.74, 6) is -1.19. The molecule has 0 aliphatic carbocycles. The number of carboxylic acids is 1. The van der Waals surface area contributed by atoms with Gasteiger partial charge in [-0.2, -0.15) is 5.26 Å². The Kier molecular flexibility index (Phi) is 8.49. The smallest absolute Gasteiger partial charge is 0.329 e. The van der Waals surface area contributed by atoms with Gasteiger partial charge in [0.1, 0.15) is 30.0 Å². The first-order valence-electron chi connectivity index (χ1n) is 19.7. The standard InChI is InChI=1S/C44H41N5O10S/c1-7-60-40-30-29(39-38(57-18-58-39)20(3)37(30)59-21(4)50)27(14-56-42(54)32-31-23(13-26(47-32)41(52)53)22-10-8-9-11-25(22)46-31)49-34(40)33-28-24(12-19(2)36(55-6)35(28)51)43(5)15-44(49,16-45)17-48(33)43/h1,8-12,26-27,32-34,40,46-47,51H,13-15,17-18H2,2-6H3,(H,52,53)/t26-,27-,32+,33+,34+,40+,43?,44-/m0/s1. The van der Waals surface area contributed by atoms with E-state index in [4.69, 9.17) is 30.1 Å². The summed E-state index contributed by atoms with van der Waals surface area (Å²) in [6.07, 6.45) is 6.65. The highest BCUT2D eigenvalue weighted by molar-refractivity contribution is 8.04. The molecule has 6 aliphatic heterocycles. The average molecular weight is 832 g/mol. The third kappa shape index (κ3) is 4.99. The summed E-state index contributed by atoms with van der Waals surface area (Å²) in [4.78, 5) is 47.6. The highest BCUT2D eigenvalue weighted by Crippen LogP contribution is 2.71. The number of hydrogen-bond acceptors (Lipinski definition) is 14. The van der Waals surface area contributed by atoms with Crippen LogP contribution in [0.25, 0.3) is 10.9 Å². The van der Waals surface area contributed by atoms with Crippen LogP contribution in [0.4, 0.5) is 0 Å². The van der Waals surface area contributed by atoms with Crippen LogP contribution in [0.5, 0.6) is 28.7 Å². The van der Waals surface area contributed by atoms with Crippen LogP contribution in [-0.2, 0) is 31.1 Å². The molecule has 2 bridgehead atoms. The largest absolute Gasteiger partial charge is 0.504 e. The fourth-order valence-electron chi connectivity index (χ4n) is 11.4. The molecule has 2 fully saturated rings. The van der Waals surface area contributed by atoms with E-state index in [-0.39, 0.29) is 37.9 Å². The Labute approximate surface area is 348 Å². The topological polar surface area (TPSA) is 196 Å². The van der Waals surface area contributed by atoms with Gasteiger partial charge < -0.3 is 38.9 Å². The second-order valence-electron chi connectivity index (χ2n) is 16.6. The van der Waals surface area contributed by atoms with E-state index in [1.165, 1.54) is 25.8 Å². The molecule has 7 heterocycles. The number of esters is 2. The number of aromatic nitrogens is 1. The molecule has 0 radical (unpaired) electrons. The lowest BCUT2D eigenvalue weighted by Crippen LogP contribution is -2.66. The van der Waals surface area contributed by atoms with Gasteiger partial charge in [0.25, 0.3) is 0 Å². The molecule has 2 saturated heterocycles. The van der Waals surface area contributed by atoms with Gasteiger partial charge in [-0.05, 0) is 54.8 Å². The minimum absolute atomic E-state index is 0.0108. The molecule has 1 unspecified atom stereocenters. The van der Waals surface area contributed by atoms with Crippen LogP contribution in [0.15, 0.2) is 30.3 Å². The van der Waals surface area contributed by atoms with Crippen molar-refractivity contribution in [3.05, 3.63) is 75.0 Å². The number of ether oxygens (including phenoxy) is 5. The molecule has 1 aromatic heterocycles. The summed E-state index contributed by atoms with van der Waals surface area (Å²) in [7, 11) is 1.51. The molecule has 3 aromatic carbocycles. The van der Waals surface area contributed by atoms with E-state index in [0.29, 0.717) is 57.2 Å². The number of terminal acetylenes is 1. The monoisotopic (exact) mass is 831 g/mol. The summed E-state index contributed by atoms with van der Waals surface area (Å²) in [5.41, 5.74) is 3.86. The van der Waals surface area contributed by atoms with E-state index in [0.717, 1.165) is 22.0 Å². The Balaban J connectivity index is 1.18. The van der Waals surface area contributed by atoms with Gasteiger partial charge >= 0.3 is 17.9 Å². The van der Waals surface area contributed by atoms with Crippen LogP contribution in [0.2, 0.25) is 0 Å². The van der Waals surface area contributed by atoms with Crippen LogP contribution >= 0.6 is 11.8 Å². The number of nitrogens with one attached hydrogen (secondary N) is 2. The zero-order valence-electron chi connectivity index (χ0n) is 33.4. The van der Waals surface area contributed by atoms with Crippen molar-refractivity contribution in [1.29, 1.82) is 5.26 Å². The van der Waals surface area contributed by atoms with Crippen molar-refractivity contribution in [3.63, 3.8) is 0 Å². The normalized spacial score (nSPS) is 29.1. The number of piperazine rings is 1. The number of benzene rings is 3. The number of thioether (sulfide) groups is 1. The predicted molar refractivity (Wildman–Crippen MR) is 216 cm³/mol. The molecule has 4 aromatic rings. The molecular formula is C44H41N5O10S. The molecule has 15 nitrogen and oxygen atoms in total. The van der Waals surface area contributed by atoms with Gasteiger partial charge in [0.15, 0.2) is 23.0 Å². The average Bonchev–Trinajstić information content (AvgIpc) is 3.97. The van der Waals surface area contributed by atoms with Crippen LogP contribution in [0.1, 0.15) is 88.3 Å². The van der Waals surface area contributed by atoms with Crippen LogP contribution in [0.3, 0.4) is 0 Å². The highest BCUT2D eigenvalue weighted by atomic mass is 32.2. The molecule has 308 valence electrons. The summed E-state index contributed by atoms with van der Waals surface area (Å²) in [6, 6.07) is 7.77. The van der Waals surface area contributed by atoms with E-state index in [1.54, 1.807) is 6.92 Å². The van der Waals surface area contributed by atoms with Crippen molar-refractivity contribution in [1.82, 2.24) is 20.1 Å². The number of aromatic hydroxyl groups is 1. The summed E-state index contributed by atoms with van der Waals surface area (Å²) < 4.78 is 30.4. The lowest BCUT2D eigenvalue weighted by molar-refractivity contribution is -0.152. The zero-order chi connectivity index (χ0) is 42.2. The second kappa shape index (κ2) is 13.3. The lowest BCUT2D eigenvalue weighted by atomic mass is 9.72. The number of aromatic amines is 1. The fourth-order valence-corrected chi connectivity index (χ4v) is 12.3. The van der Waals surface area contributed by atoms with Gasteiger partial charge in [0.2, 0.25) is 6.79 Å². The summed E-state index contributed by atoms with van der Waals surface area (Å²) in [6.45, 7) is 6.82. The molecule has 10 rings (SSSR count). The Hall–Kier alpha value is -5.91. The van der Waals surface area contributed by atoms with Crippen molar-refractivity contribution in [2.45, 2.75) is 87.1 Å². The highest BCUT2D eigenvalue weighted by Gasteiger charge is 2.72. The molecule has 60 heavy (non-hydrogen) atoms. The number of nitriles is 1. The maximum Gasteiger partial charge on any atom is 0.329 e. The number of nitrogens with zero attached hydrogens (tertiary/aromatic N) is 3. The Morgan fingerprint density at radius 2 is 1.90 bits per heavy atom. The van der Waals surface area contributed by atoms with E-state index in [9.17, 15) is 29.9 Å². The first kappa shape index (κ1) is 38.3. The molecule has 4 N–H and O–H groups in total. The minimum atomic E-state index is -1.19. The lowest BCUT2D eigenvalue weighted by Gasteiger charge is -2.57. The summed E-state index contributed by atoms with van der Waals surface area (Å²) in [5, 5.41) is 39.7. The number of carbonyl (C=O) groups excluding carboxylic acids is 2. The quantitative estimate of drug-likeness (QED) is 0.109. The molecular weight excluding hydrogens is 791 g/mol. The number of phenols is 1. The number of para-hydroxylation sites is 1. The van der Waals surface area contributed by atoms with E-state index in [2.05, 4.69) is 38.3 Å². The Morgan fingerprint density at radius 3 is 2.62 bits per heavy atom. The number of phenolic OH excluding ortho intramolecular Hbond substituents is 1. The number of rotatable bonds is 7. The number of H-pyrrole nitrogens is 1. The number of methoxy groups -OCH3 is 1. The van der Waals surface area contributed by atoms with Crippen molar-refractivity contribution in [3.8, 4) is 46.5 Å². The molecule has 0 amide bonds. The van der Waals surface area contributed by atoms with E-state index in [1.807, 2.05) is 37.3 Å². The van der Waals surface area contributed by atoms with Gasteiger partial charge in [0, 0.05) is 76.7 Å². The van der Waals surface area contributed by atoms with Gasteiger partial charge in [-0.25, -0.2) is 4.79 Å². The van der Waals surface area contributed by atoms with Crippen molar-refractivity contribution >= 4 is 40.6 Å². The minimum Gasteiger partial charge on any atom is -0.504 e. The third-order valence-electron chi connectivity index (χ3n) is 13.6.